The van der Waals surface area contributed by atoms with Crippen molar-refractivity contribution >= 4 is 12.1 Å². The predicted octanol–water partition coefficient (Wildman–Crippen LogP) is 3.27. The molecule has 0 atom stereocenters. The number of carbonyl (C=O) groups is 1. The van der Waals surface area contributed by atoms with E-state index in [0.717, 1.165) is 5.69 Å². The quantitative estimate of drug-likeness (QED) is 0.505. The van der Waals surface area contributed by atoms with Crippen molar-refractivity contribution in [3.63, 3.8) is 0 Å². The number of carbonyl (C=O) groups excluding carboxylic acids is 1. The lowest BCUT2D eigenvalue weighted by Crippen LogP contribution is -2.19. The van der Waals surface area contributed by atoms with E-state index in [1.165, 1.54) is 27.5 Å². The van der Waals surface area contributed by atoms with Crippen LogP contribution < -0.4 is 19.6 Å². The van der Waals surface area contributed by atoms with E-state index < -0.39 is 0 Å². The van der Waals surface area contributed by atoms with E-state index in [1.807, 2.05) is 47.3 Å². The number of nitrogens with one attached hydrogen (secondary N) is 1. The van der Waals surface area contributed by atoms with Crippen molar-refractivity contribution in [3.05, 3.63) is 72.1 Å². The topological polar surface area (TPSA) is 74.1 Å². The van der Waals surface area contributed by atoms with Gasteiger partial charge in [0.2, 0.25) is 5.75 Å². The highest BCUT2D eigenvalue weighted by Gasteiger charge is 2.13. The molecule has 1 N–H and O–H groups in total. The minimum Gasteiger partial charge on any atom is -0.493 e. The third-order valence-corrected chi connectivity index (χ3v) is 4.10. The number of benzene rings is 2. The molecule has 0 saturated heterocycles. The van der Waals surface area contributed by atoms with Crippen molar-refractivity contribution in [2.24, 2.45) is 5.10 Å². The van der Waals surface area contributed by atoms with E-state index in [-0.39, 0.29) is 5.91 Å². The second-order valence-electron chi connectivity index (χ2n) is 5.77. The van der Waals surface area contributed by atoms with E-state index in [9.17, 15) is 4.79 Å². The monoisotopic (exact) mass is 379 g/mol. The van der Waals surface area contributed by atoms with Crippen LogP contribution in [0.15, 0.2) is 66.0 Å². The summed E-state index contributed by atoms with van der Waals surface area (Å²) < 4.78 is 17.8. The van der Waals surface area contributed by atoms with E-state index in [1.54, 1.807) is 18.2 Å². The van der Waals surface area contributed by atoms with Crippen LogP contribution in [-0.2, 0) is 0 Å². The SMILES string of the molecule is COc1cc(C=NNC(=O)c2ccccc2-n2cccc2)cc(OC)c1OC. The summed E-state index contributed by atoms with van der Waals surface area (Å²) in [7, 11) is 4.62. The van der Waals surface area contributed by atoms with Gasteiger partial charge in [-0.25, -0.2) is 5.43 Å². The Kier molecular flexibility index (Phi) is 5.96. The Labute approximate surface area is 163 Å². The summed E-state index contributed by atoms with van der Waals surface area (Å²) in [5.74, 6) is 1.19. The molecule has 0 unspecified atom stereocenters. The van der Waals surface area contributed by atoms with Crippen LogP contribution in [0.3, 0.4) is 0 Å². The van der Waals surface area contributed by atoms with Gasteiger partial charge < -0.3 is 18.8 Å². The number of hydrogen-bond donors (Lipinski definition) is 1. The van der Waals surface area contributed by atoms with Gasteiger partial charge >= 0.3 is 0 Å². The van der Waals surface area contributed by atoms with Gasteiger partial charge in [0.15, 0.2) is 11.5 Å². The summed E-state index contributed by atoms with van der Waals surface area (Å²) in [6, 6.07) is 14.6. The number of ether oxygens (including phenoxy) is 3. The maximum absolute atomic E-state index is 12.6. The molecule has 3 aromatic rings. The van der Waals surface area contributed by atoms with Crippen LogP contribution in [0.2, 0.25) is 0 Å². The summed E-state index contributed by atoms with van der Waals surface area (Å²) in [6.45, 7) is 0. The number of hydrazone groups is 1. The van der Waals surface area contributed by atoms with Crippen LogP contribution >= 0.6 is 0 Å². The Balaban J connectivity index is 1.80. The molecule has 0 aliphatic rings. The number of nitrogens with zero attached hydrogens (tertiary/aromatic N) is 2. The molecular weight excluding hydrogens is 358 g/mol. The maximum atomic E-state index is 12.6. The first-order valence-corrected chi connectivity index (χ1v) is 8.53. The van der Waals surface area contributed by atoms with Crippen LogP contribution in [0.4, 0.5) is 0 Å². The highest BCUT2D eigenvalue weighted by molar-refractivity contribution is 5.98. The zero-order valence-electron chi connectivity index (χ0n) is 15.9. The number of amides is 1. The van der Waals surface area contributed by atoms with Crippen molar-refractivity contribution in [1.82, 2.24) is 9.99 Å². The fraction of sp³-hybridized carbons (Fsp3) is 0.143. The molecule has 0 spiro atoms. The summed E-state index contributed by atoms with van der Waals surface area (Å²) in [5.41, 5.74) is 4.53. The lowest BCUT2D eigenvalue weighted by Gasteiger charge is -2.12. The number of para-hydroxylation sites is 1. The van der Waals surface area contributed by atoms with E-state index in [2.05, 4.69) is 10.5 Å². The fourth-order valence-electron chi connectivity index (χ4n) is 2.79. The smallest absolute Gasteiger partial charge is 0.273 e. The van der Waals surface area contributed by atoms with Gasteiger partial charge in [-0.15, -0.1) is 0 Å². The van der Waals surface area contributed by atoms with Crippen LogP contribution in [0, 0.1) is 0 Å². The van der Waals surface area contributed by atoms with Crippen molar-refractivity contribution in [3.8, 4) is 22.9 Å². The number of rotatable bonds is 7. The van der Waals surface area contributed by atoms with Gasteiger partial charge in [-0.3, -0.25) is 4.79 Å². The lowest BCUT2D eigenvalue weighted by molar-refractivity contribution is 0.0955. The molecule has 0 fully saturated rings. The average Bonchev–Trinajstić information content (AvgIpc) is 3.27. The van der Waals surface area contributed by atoms with Gasteiger partial charge in [0.05, 0.1) is 38.8 Å². The zero-order chi connectivity index (χ0) is 19.9. The Morgan fingerprint density at radius 1 is 0.964 bits per heavy atom. The molecule has 7 nitrogen and oxygen atoms in total. The third kappa shape index (κ3) is 3.98. The van der Waals surface area contributed by atoms with E-state index >= 15 is 0 Å². The van der Waals surface area contributed by atoms with E-state index in [4.69, 9.17) is 14.2 Å². The molecule has 2 aromatic carbocycles. The first-order chi connectivity index (χ1) is 13.7. The van der Waals surface area contributed by atoms with Gasteiger partial charge in [0.1, 0.15) is 0 Å². The van der Waals surface area contributed by atoms with Crippen LogP contribution in [0.1, 0.15) is 15.9 Å². The molecule has 1 amide bonds. The number of aromatic nitrogens is 1. The van der Waals surface area contributed by atoms with Gasteiger partial charge in [-0.2, -0.15) is 5.10 Å². The Bertz CT molecular complexity index is 956. The summed E-state index contributed by atoms with van der Waals surface area (Å²) in [5, 5.41) is 4.06. The first-order valence-electron chi connectivity index (χ1n) is 8.53. The molecule has 0 bridgehead atoms. The second-order valence-corrected chi connectivity index (χ2v) is 5.77. The molecule has 0 saturated carbocycles. The van der Waals surface area contributed by atoms with Crippen LogP contribution in [-0.4, -0.2) is 38.0 Å². The molecular formula is C21H21N3O4. The van der Waals surface area contributed by atoms with Gasteiger partial charge in [0.25, 0.3) is 5.91 Å². The van der Waals surface area contributed by atoms with Crippen molar-refractivity contribution < 1.29 is 19.0 Å². The van der Waals surface area contributed by atoms with Gasteiger partial charge in [0, 0.05) is 18.0 Å². The highest BCUT2D eigenvalue weighted by atomic mass is 16.5. The maximum Gasteiger partial charge on any atom is 0.273 e. The van der Waals surface area contributed by atoms with Gasteiger partial charge in [-0.05, 0) is 36.4 Å². The molecule has 0 radical (unpaired) electrons. The molecule has 0 aliphatic carbocycles. The minimum absolute atomic E-state index is 0.312. The third-order valence-electron chi connectivity index (χ3n) is 4.10. The molecule has 28 heavy (non-hydrogen) atoms. The summed E-state index contributed by atoms with van der Waals surface area (Å²) in [4.78, 5) is 12.6. The number of methoxy groups -OCH3 is 3. The average molecular weight is 379 g/mol. The molecule has 7 heteroatoms. The first kappa shape index (κ1) is 19.0. The molecule has 3 rings (SSSR count). The second kappa shape index (κ2) is 8.77. The molecule has 0 aliphatic heterocycles. The normalized spacial score (nSPS) is 10.7. The van der Waals surface area contributed by atoms with Crippen molar-refractivity contribution in [2.45, 2.75) is 0 Å². The fourth-order valence-corrected chi connectivity index (χ4v) is 2.79. The van der Waals surface area contributed by atoms with Gasteiger partial charge in [-0.1, -0.05) is 12.1 Å². The Hall–Kier alpha value is -3.74. The Morgan fingerprint density at radius 3 is 2.21 bits per heavy atom. The standard InChI is InChI=1S/C21H21N3O4/c1-26-18-12-15(13-19(27-2)20(18)28-3)14-22-23-21(25)16-8-4-5-9-17(16)24-10-6-7-11-24/h4-14H,1-3H3,(H,23,25). The lowest BCUT2D eigenvalue weighted by atomic mass is 10.1. The molecule has 1 heterocycles. The van der Waals surface area contributed by atoms with Crippen molar-refractivity contribution in [1.29, 1.82) is 0 Å². The van der Waals surface area contributed by atoms with E-state index in [0.29, 0.717) is 28.4 Å². The molecule has 1 aromatic heterocycles. The van der Waals surface area contributed by atoms with Crippen LogP contribution in [0.25, 0.3) is 5.69 Å². The van der Waals surface area contributed by atoms with Crippen LogP contribution in [0.5, 0.6) is 17.2 Å². The summed E-state index contributed by atoms with van der Waals surface area (Å²) >= 11 is 0. The number of hydrogen-bond acceptors (Lipinski definition) is 5. The Morgan fingerprint density at radius 2 is 1.61 bits per heavy atom. The largest absolute Gasteiger partial charge is 0.493 e. The predicted molar refractivity (Wildman–Crippen MR) is 107 cm³/mol. The molecule has 144 valence electrons. The van der Waals surface area contributed by atoms with Crippen molar-refractivity contribution in [2.75, 3.05) is 21.3 Å². The summed E-state index contributed by atoms with van der Waals surface area (Å²) in [6.07, 6.45) is 5.28. The zero-order valence-corrected chi connectivity index (χ0v) is 15.9. The minimum atomic E-state index is -0.312. The highest BCUT2D eigenvalue weighted by Crippen LogP contribution is 2.37.